The van der Waals surface area contributed by atoms with E-state index in [1.165, 1.54) is 16.8 Å². The van der Waals surface area contributed by atoms with Gasteiger partial charge in [-0.25, -0.2) is 17.5 Å². The number of para-hydroxylation sites is 1. The van der Waals surface area contributed by atoms with Gasteiger partial charge in [0.25, 0.3) is 5.91 Å². The summed E-state index contributed by atoms with van der Waals surface area (Å²) in [6, 6.07) is 7.62. The van der Waals surface area contributed by atoms with Gasteiger partial charge in [0.15, 0.2) is 5.69 Å². The van der Waals surface area contributed by atoms with E-state index in [1.807, 2.05) is 0 Å². The second-order valence-electron chi connectivity index (χ2n) is 4.92. The number of hydrogen-bond acceptors (Lipinski definition) is 4. The standard InChI is InChI=1S/C14H16FN3O3S/c1-10-9-12(14(19)16-7-8-22(2,20)21)17-18(10)13-6-4-3-5-11(13)15/h3-6,9H,7-8H2,1-2H3,(H,16,19). The van der Waals surface area contributed by atoms with Crippen molar-refractivity contribution in [3.63, 3.8) is 0 Å². The topological polar surface area (TPSA) is 81.1 Å². The van der Waals surface area contributed by atoms with Crippen LogP contribution in [0.25, 0.3) is 5.69 Å². The zero-order valence-electron chi connectivity index (χ0n) is 12.2. The third-order valence-electron chi connectivity index (χ3n) is 2.96. The molecule has 0 unspecified atom stereocenters. The van der Waals surface area contributed by atoms with E-state index in [-0.39, 0.29) is 23.7 Å². The highest BCUT2D eigenvalue weighted by Gasteiger charge is 2.15. The molecule has 118 valence electrons. The van der Waals surface area contributed by atoms with Crippen LogP contribution >= 0.6 is 0 Å². The van der Waals surface area contributed by atoms with Crippen LogP contribution in [0.4, 0.5) is 4.39 Å². The molecule has 0 aliphatic heterocycles. The first-order valence-corrected chi connectivity index (χ1v) is 8.61. The Labute approximate surface area is 127 Å². The van der Waals surface area contributed by atoms with Gasteiger partial charge in [-0.3, -0.25) is 4.79 Å². The number of sulfone groups is 1. The molecule has 0 spiro atoms. The maximum atomic E-state index is 13.8. The fraction of sp³-hybridized carbons (Fsp3) is 0.286. The molecule has 8 heteroatoms. The van der Waals surface area contributed by atoms with Gasteiger partial charge in [0.05, 0.1) is 5.75 Å². The second kappa shape index (κ2) is 6.27. The molecule has 0 fully saturated rings. The molecule has 1 amide bonds. The lowest BCUT2D eigenvalue weighted by molar-refractivity contribution is 0.0950. The van der Waals surface area contributed by atoms with Gasteiger partial charge >= 0.3 is 0 Å². The Bertz CT molecular complexity index is 799. The molecule has 0 atom stereocenters. The molecule has 0 bridgehead atoms. The van der Waals surface area contributed by atoms with Crippen LogP contribution in [0, 0.1) is 12.7 Å². The van der Waals surface area contributed by atoms with Crippen molar-refractivity contribution in [2.24, 2.45) is 0 Å². The number of nitrogens with zero attached hydrogens (tertiary/aromatic N) is 2. The lowest BCUT2D eigenvalue weighted by atomic mass is 10.3. The summed E-state index contributed by atoms with van der Waals surface area (Å²) in [6.07, 6.45) is 1.09. The molecule has 0 radical (unpaired) electrons. The summed E-state index contributed by atoms with van der Waals surface area (Å²) in [5.74, 6) is -1.09. The van der Waals surface area contributed by atoms with Crippen molar-refractivity contribution < 1.29 is 17.6 Å². The van der Waals surface area contributed by atoms with Crippen molar-refractivity contribution in [2.75, 3.05) is 18.6 Å². The number of halogens is 1. The van der Waals surface area contributed by atoms with Crippen molar-refractivity contribution in [1.29, 1.82) is 0 Å². The number of aromatic nitrogens is 2. The van der Waals surface area contributed by atoms with Crippen molar-refractivity contribution >= 4 is 15.7 Å². The highest BCUT2D eigenvalue weighted by atomic mass is 32.2. The zero-order chi connectivity index (χ0) is 16.3. The summed E-state index contributed by atoms with van der Waals surface area (Å²) in [5.41, 5.74) is 0.947. The Hall–Kier alpha value is -2.22. The first kappa shape index (κ1) is 16.2. The van der Waals surface area contributed by atoms with E-state index in [4.69, 9.17) is 0 Å². The molecule has 1 heterocycles. The van der Waals surface area contributed by atoms with Crippen LogP contribution in [0.5, 0.6) is 0 Å². The van der Waals surface area contributed by atoms with E-state index in [9.17, 15) is 17.6 Å². The van der Waals surface area contributed by atoms with E-state index in [1.54, 1.807) is 25.1 Å². The number of carbonyl (C=O) groups is 1. The summed E-state index contributed by atoms with van der Waals surface area (Å²) < 4.78 is 37.1. The number of benzene rings is 1. The summed E-state index contributed by atoms with van der Waals surface area (Å²) in [5, 5.41) is 6.55. The summed E-state index contributed by atoms with van der Waals surface area (Å²) >= 11 is 0. The molecule has 1 N–H and O–H groups in total. The molecule has 0 aliphatic rings. The highest BCUT2D eigenvalue weighted by molar-refractivity contribution is 7.90. The minimum absolute atomic E-state index is 0.00325. The van der Waals surface area contributed by atoms with Crippen LogP contribution in [-0.2, 0) is 9.84 Å². The third-order valence-corrected chi connectivity index (χ3v) is 3.90. The minimum Gasteiger partial charge on any atom is -0.350 e. The molecule has 2 rings (SSSR count). The van der Waals surface area contributed by atoms with E-state index in [2.05, 4.69) is 10.4 Å². The highest BCUT2D eigenvalue weighted by Crippen LogP contribution is 2.15. The van der Waals surface area contributed by atoms with E-state index in [0.29, 0.717) is 5.69 Å². The zero-order valence-corrected chi connectivity index (χ0v) is 13.0. The molecular formula is C14H16FN3O3S. The molecule has 1 aromatic carbocycles. The average Bonchev–Trinajstić information content (AvgIpc) is 2.80. The molecule has 1 aromatic heterocycles. The van der Waals surface area contributed by atoms with Gasteiger partial charge in [0.1, 0.15) is 21.3 Å². The maximum absolute atomic E-state index is 13.8. The van der Waals surface area contributed by atoms with Crippen LogP contribution in [0.3, 0.4) is 0 Å². The van der Waals surface area contributed by atoms with Crippen molar-refractivity contribution in [3.8, 4) is 5.69 Å². The van der Waals surface area contributed by atoms with E-state index >= 15 is 0 Å². The van der Waals surface area contributed by atoms with Gasteiger partial charge in [-0.1, -0.05) is 12.1 Å². The van der Waals surface area contributed by atoms with Crippen LogP contribution in [0.2, 0.25) is 0 Å². The fourth-order valence-corrected chi connectivity index (χ4v) is 2.37. The summed E-state index contributed by atoms with van der Waals surface area (Å²) in [6.45, 7) is 1.70. The monoisotopic (exact) mass is 325 g/mol. The molecular weight excluding hydrogens is 309 g/mol. The SMILES string of the molecule is Cc1cc(C(=O)NCCS(C)(=O)=O)nn1-c1ccccc1F. The van der Waals surface area contributed by atoms with Gasteiger partial charge in [-0.15, -0.1) is 0 Å². The van der Waals surface area contributed by atoms with E-state index < -0.39 is 21.6 Å². The quantitative estimate of drug-likeness (QED) is 0.892. The van der Waals surface area contributed by atoms with Crippen LogP contribution in [0.1, 0.15) is 16.2 Å². The Kier molecular flexibility index (Phi) is 4.60. The van der Waals surface area contributed by atoms with Gasteiger partial charge in [-0.05, 0) is 25.1 Å². The third kappa shape index (κ3) is 3.91. The number of rotatable bonds is 5. The van der Waals surface area contributed by atoms with Crippen molar-refractivity contribution in [3.05, 3.63) is 47.5 Å². The Morgan fingerprint density at radius 1 is 1.36 bits per heavy atom. The molecule has 6 nitrogen and oxygen atoms in total. The van der Waals surface area contributed by atoms with Crippen LogP contribution in [-0.4, -0.2) is 42.7 Å². The summed E-state index contributed by atoms with van der Waals surface area (Å²) in [7, 11) is -3.14. The minimum atomic E-state index is -3.14. The molecule has 2 aromatic rings. The number of amides is 1. The molecule has 0 saturated carbocycles. The van der Waals surface area contributed by atoms with Crippen LogP contribution < -0.4 is 5.32 Å². The second-order valence-corrected chi connectivity index (χ2v) is 7.18. The van der Waals surface area contributed by atoms with Crippen molar-refractivity contribution in [2.45, 2.75) is 6.92 Å². The fourth-order valence-electron chi connectivity index (χ4n) is 1.89. The molecule has 22 heavy (non-hydrogen) atoms. The number of carbonyl (C=O) groups excluding carboxylic acids is 1. The average molecular weight is 325 g/mol. The van der Waals surface area contributed by atoms with Gasteiger partial charge in [-0.2, -0.15) is 5.10 Å². The van der Waals surface area contributed by atoms with Gasteiger partial charge in [0.2, 0.25) is 0 Å². The number of nitrogens with one attached hydrogen (secondary N) is 1. The lowest BCUT2D eigenvalue weighted by Crippen LogP contribution is -2.29. The van der Waals surface area contributed by atoms with Gasteiger partial charge in [0, 0.05) is 18.5 Å². The first-order chi connectivity index (χ1) is 10.3. The lowest BCUT2D eigenvalue weighted by Gasteiger charge is -2.05. The predicted molar refractivity (Wildman–Crippen MR) is 80.3 cm³/mol. The first-order valence-electron chi connectivity index (χ1n) is 6.55. The predicted octanol–water partition coefficient (Wildman–Crippen LogP) is 1.09. The summed E-state index contributed by atoms with van der Waals surface area (Å²) in [4.78, 5) is 11.9. The normalized spacial score (nSPS) is 11.4. The van der Waals surface area contributed by atoms with Crippen LogP contribution in [0.15, 0.2) is 30.3 Å². The largest absolute Gasteiger partial charge is 0.350 e. The number of hydrogen-bond donors (Lipinski definition) is 1. The Morgan fingerprint density at radius 2 is 2.05 bits per heavy atom. The van der Waals surface area contributed by atoms with E-state index in [0.717, 1.165) is 6.26 Å². The Balaban J connectivity index is 2.16. The molecule has 0 saturated heterocycles. The smallest absolute Gasteiger partial charge is 0.271 e. The van der Waals surface area contributed by atoms with Crippen molar-refractivity contribution in [1.82, 2.24) is 15.1 Å². The maximum Gasteiger partial charge on any atom is 0.271 e. The molecule has 0 aliphatic carbocycles. The Morgan fingerprint density at radius 3 is 2.68 bits per heavy atom. The van der Waals surface area contributed by atoms with Gasteiger partial charge < -0.3 is 5.32 Å². The number of aryl methyl sites for hydroxylation is 1.